The van der Waals surface area contributed by atoms with Gasteiger partial charge in [0.1, 0.15) is 11.9 Å². The zero-order chi connectivity index (χ0) is 19.9. The van der Waals surface area contributed by atoms with Gasteiger partial charge in [0.25, 0.3) is 0 Å². The van der Waals surface area contributed by atoms with Crippen LogP contribution in [0.25, 0.3) is 10.9 Å². The van der Waals surface area contributed by atoms with Crippen molar-refractivity contribution >= 4 is 22.8 Å². The summed E-state index contributed by atoms with van der Waals surface area (Å²) in [5, 5.41) is 18.5. The van der Waals surface area contributed by atoms with Crippen molar-refractivity contribution in [2.45, 2.75) is 37.6 Å². The van der Waals surface area contributed by atoms with Crippen LogP contribution in [0.5, 0.6) is 0 Å². The molecule has 1 aromatic heterocycles. The number of benzene rings is 1. The first-order valence-corrected chi connectivity index (χ1v) is 9.50. The topological polar surface area (TPSA) is 87.8 Å². The van der Waals surface area contributed by atoms with Gasteiger partial charge in [-0.15, -0.1) is 0 Å². The molecule has 4 rings (SSSR count). The number of nitrogens with two attached hydrogens (primary N) is 1. The van der Waals surface area contributed by atoms with Gasteiger partial charge >= 0.3 is 0 Å². The Bertz CT molecular complexity index is 1050. The molecule has 2 heterocycles. The minimum absolute atomic E-state index is 0.182. The molecule has 1 fully saturated rings. The predicted molar refractivity (Wildman–Crippen MR) is 108 cm³/mol. The highest BCUT2D eigenvalue weighted by atomic mass is 19.1. The number of hydrogen-bond donors (Lipinski definition) is 2. The lowest BCUT2D eigenvalue weighted by Gasteiger charge is -2.35. The molecule has 28 heavy (non-hydrogen) atoms. The van der Waals surface area contributed by atoms with Gasteiger partial charge in [0.15, 0.2) is 0 Å². The fourth-order valence-electron chi connectivity index (χ4n) is 4.40. The molecule has 2 aliphatic rings. The number of anilines is 1. The van der Waals surface area contributed by atoms with E-state index in [1.54, 1.807) is 12.1 Å². The summed E-state index contributed by atoms with van der Waals surface area (Å²) in [6.45, 7) is 3.37. The summed E-state index contributed by atoms with van der Waals surface area (Å²) in [6.07, 6.45) is 8.33. The van der Waals surface area contributed by atoms with E-state index in [4.69, 9.17) is 15.9 Å². The monoisotopic (exact) mass is 378 g/mol. The molecular formula is C22H23FN4O. The van der Waals surface area contributed by atoms with Crippen LogP contribution in [-0.4, -0.2) is 24.0 Å². The first-order chi connectivity index (χ1) is 13.5. The summed E-state index contributed by atoms with van der Waals surface area (Å²) in [5.41, 5.74) is 9.14. The lowest BCUT2D eigenvalue weighted by atomic mass is 9.88. The molecule has 1 atom stereocenters. The van der Waals surface area contributed by atoms with Crippen molar-refractivity contribution in [2.75, 3.05) is 18.9 Å². The van der Waals surface area contributed by atoms with Crippen molar-refractivity contribution < 1.29 is 9.13 Å². The molecule has 0 bridgehead atoms. The van der Waals surface area contributed by atoms with Crippen LogP contribution in [0.3, 0.4) is 0 Å². The lowest BCUT2D eigenvalue weighted by molar-refractivity contribution is 0.0830. The molecule has 3 N–H and O–H groups in total. The third-order valence-corrected chi connectivity index (χ3v) is 5.91. The Hall–Kier alpha value is -2.91. The van der Waals surface area contributed by atoms with Crippen molar-refractivity contribution in [3.05, 3.63) is 53.0 Å². The summed E-state index contributed by atoms with van der Waals surface area (Å²) >= 11 is 0. The zero-order valence-electron chi connectivity index (χ0n) is 15.8. The number of allylic oxidation sites excluding steroid dienone is 4. The number of nitrogen functional groups attached to an aromatic ring is 1. The molecule has 1 unspecified atom stereocenters. The number of halogens is 1. The zero-order valence-corrected chi connectivity index (χ0v) is 15.8. The fraction of sp³-hybridized carbons (Fsp3) is 0.364. The van der Waals surface area contributed by atoms with E-state index in [2.05, 4.69) is 17.6 Å². The maximum absolute atomic E-state index is 13.7. The molecule has 1 aromatic carbocycles. The van der Waals surface area contributed by atoms with Crippen molar-refractivity contribution in [1.29, 1.82) is 10.7 Å². The fourth-order valence-corrected chi connectivity index (χ4v) is 4.40. The number of aromatic nitrogens is 1. The minimum atomic E-state index is -0.508. The number of nitrogens with zero attached hydrogens (tertiary/aromatic N) is 2. The Morgan fingerprint density at radius 1 is 1.39 bits per heavy atom. The number of rotatable bonds is 3. The summed E-state index contributed by atoms with van der Waals surface area (Å²) < 4.78 is 21.4. The largest absolute Gasteiger partial charge is 0.398 e. The molecule has 2 aromatic rings. The van der Waals surface area contributed by atoms with E-state index < -0.39 is 5.54 Å². The lowest BCUT2D eigenvalue weighted by Crippen LogP contribution is -2.32. The van der Waals surface area contributed by atoms with Gasteiger partial charge in [-0.25, -0.2) is 4.39 Å². The molecule has 0 amide bonds. The van der Waals surface area contributed by atoms with E-state index >= 15 is 0 Å². The summed E-state index contributed by atoms with van der Waals surface area (Å²) in [6, 6.07) is 6.06. The Balaban J connectivity index is 2.06. The molecule has 1 aliphatic carbocycles. The van der Waals surface area contributed by atoms with Gasteiger partial charge in [-0.2, -0.15) is 5.26 Å². The van der Waals surface area contributed by atoms with Crippen LogP contribution in [0, 0.1) is 16.7 Å². The number of ether oxygens (including phenoxy) is 1. The Morgan fingerprint density at radius 3 is 2.75 bits per heavy atom. The molecule has 1 saturated heterocycles. The van der Waals surface area contributed by atoms with E-state index in [1.165, 1.54) is 12.3 Å². The van der Waals surface area contributed by atoms with Crippen LogP contribution < -0.4 is 5.73 Å². The van der Waals surface area contributed by atoms with Crippen molar-refractivity contribution in [3.8, 4) is 6.07 Å². The van der Waals surface area contributed by atoms with Crippen LogP contribution in [0.4, 0.5) is 10.1 Å². The van der Waals surface area contributed by atoms with Gasteiger partial charge < -0.3 is 20.4 Å². The number of nitriles is 1. The highest BCUT2D eigenvalue weighted by molar-refractivity contribution is 5.98. The van der Waals surface area contributed by atoms with E-state index in [9.17, 15) is 9.65 Å². The average Bonchev–Trinajstić information content (AvgIpc) is 3.04. The second-order valence-corrected chi connectivity index (χ2v) is 7.72. The Labute approximate surface area is 163 Å². The SMILES string of the molecule is CC1(n2c(C3CCOCC3)c(C#N)c3cc(N)c(C=N)cc32)C=CC(F)=CC1. The van der Waals surface area contributed by atoms with Gasteiger partial charge in [-0.3, -0.25) is 0 Å². The third-order valence-electron chi connectivity index (χ3n) is 5.91. The van der Waals surface area contributed by atoms with E-state index in [1.807, 2.05) is 12.1 Å². The van der Waals surface area contributed by atoms with Gasteiger partial charge in [0.2, 0.25) is 0 Å². The van der Waals surface area contributed by atoms with Crippen LogP contribution in [-0.2, 0) is 10.3 Å². The van der Waals surface area contributed by atoms with Gasteiger partial charge in [-0.05, 0) is 50.5 Å². The molecule has 6 heteroatoms. The van der Waals surface area contributed by atoms with Crippen LogP contribution >= 0.6 is 0 Å². The maximum Gasteiger partial charge on any atom is 0.119 e. The van der Waals surface area contributed by atoms with Crippen LogP contribution in [0.2, 0.25) is 0 Å². The summed E-state index contributed by atoms with van der Waals surface area (Å²) in [7, 11) is 0. The molecule has 0 saturated carbocycles. The van der Waals surface area contributed by atoms with Crippen molar-refractivity contribution in [2.24, 2.45) is 0 Å². The standard InChI is InChI=1S/C22H23FN4O/c1-22(6-2-16(23)3-7-22)27-20-10-15(12-24)19(26)11-17(20)18(13-25)21(27)14-4-8-28-9-5-14/h2-3,6,10-12,14,24H,4-5,7-9,26H2,1H3. The second-order valence-electron chi connectivity index (χ2n) is 7.72. The summed E-state index contributed by atoms with van der Waals surface area (Å²) in [5.74, 6) is -0.0621. The minimum Gasteiger partial charge on any atom is -0.398 e. The van der Waals surface area contributed by atoms with Crippen LogP contribution in [0.15, 0.2) is 36.2 Å². The normalized spacial score (nSPS) is 22.8. The van der Waals surface area contributed by atoms with E-state index in [-0.39, 0.29) is 11.7 Å². The van der Waals surface area contributed by atoms with E-state index in [0.29, 0.717) is 36.4 Å². The quantitative estimate of drug-likeness (QED) is 0.608. The molecule has 1 aliphatic heterocycles. The average molecular weight is 378 g/mol. The molecule has 144 valence electrons. The number of hydrogen-bond acceptors (Lipinski definition) is 4. The molecule has 0 radical (unpaired) electrons. The molecule has 5 nitrogen and oxygen atoms in total. The maximum atomic E-state index is 13.7. The second kappa shape index (κ2) is 6.92. The first-order valence-electron chi connectivity index (χ1n) is 9.50. The molecular weight excluding hydrogens is 355 g/mol. The third kappa shape index (κ3) is 2.83. The first kappa shape index (κ1) is 18.5. The summed E-state index contributed by atoms with van der Waals surface area (Å²) in [4.78, 5) is 0. The Kier molecular flexibility index (Phi) is 4.56. The highest BCUT2D eigenvalue weighted by Gasteiger charge is 2.35. The highest BCUT2D eigenvalue weighted by Crippen LogP contribution is 2.43. The van der Waals surface area contributed by atoms with Gasteiger partial charge in [0, 0.05) is 47.7 Å². The van der Waals surface area contributed by atoms with Gasteiger partial charge in [-0.1, -0.05) is 6.08 Å². The van der Waals surface area contributed by atoms with Crippen LogP contribution in [0.1, 0.15) is 48.9 Å². The predicted octanol–water partition coefficient (Wildman–Crippen LogP) is 4.52. The smallest absolute Gasteiger partial charge is 0.119 e. The van der Waals surface area contributed by atoms with Gasteiger partial charge in [0.05, 0.1) is 16.6 Å². The van der Waals surface area contributed by atoms with Crippen molar-refractivity contribution in [3.63, 3.8) is 0 Å². The molecule has 0 spiro atoms. The van der Waals surface area contributed by atoms with E-state index in [0.717, 1.165) is 29.4 Å². The number of nitrogens with one attached hydrogen (secondary N) is 1. The number of fused-ring (bicyclic) bond motifs is 1. The van der Waals surface area contributed by atoms with Crippen molar-refractivity contribution in [1.82, 2.24) is 4.57 Å². The Morgan fingerprint density at radius 2 is 2.14 bits per heavy atom.